The number of amides is 1. The number of nitrogens with zero attached hydrogens (tertiary/aromatic N) is 2. The maximum atomic E-state index is 11.9. The molecule has 2 heterocycles. The summed E-state index contributed by atoms with van der Waals surface area (Å²) in [6.45, 7) is 4.76. The van der Waals surface area contributed by atoms with Crippen molar-refractivity contribution < 1.29 is 9.53 Å². The van der Waals surface area contributed by atoms with Crippen LogP contribution in [0.2, 0.25) is 0 Å². The topological polar surface area (TPSA) is 80.5 Å². The van der Waals surface area contributed by atoms with Crippen LogP contribution in [0.3, 0.4) is 0 Å². The minimum absolute atomic E-state index is 0.187. The Bertz CT molecular complexity index is 472. The third-order valence-corrected chi connectivity index (χ3v) is 3.33. The maximum absolute atomic E-state index is 11.9. The molecule has 6 nitrogen and oxygen atoms in total. The molecule has 1 aromatic heterocycles. The Morgan fingerprint density at radius 1 is 1.45 bits per heavy atom. The summed E-state index contributed by atoms with van der Waals surface area (Å²) in [7, 11) is 0. The van der Waals surface area contributed by atoms with Crippen LogP contribution in [0, 0.1) is 0 Å². The van der Waals surface area contributed by atoms with Crippen LogP contribution in [0.15, 0.2) is 18.3 Å². The van der Waals surface area contributed by atoms with Gasteiger partial charge in [0.1, 0.15) is 10.7 Å². The molecule has 0 aromatic carbocycles. The lowest BCUT2D eigenvalue weighted by Gasteiger charge is -2.26. The van der Waals surface area contributed by atoms with Crippen molar-refractivity contribution in [2.75, 3.05) is 39.4 Å². The number of pyridine rings is 1. The first-order valence-electron chi connectivity index (χ1n) is 6.51. The van der Waals surface area contributed by atoms with Crippen LogP contribution < -0.4 is 11.1 Å². The fourth-order valence-electron chi connectivity index (χ4n) is 1.92. The van der Waals surface area contributed by atoms with Crippen LogP contribution >= 0.6 is 12.2 Å². The van der Waals surface area contributed by atoms with Gasteiger partial charge >= 0.3 is 0 Å². The zero-order chi connectivity index (χ0) is 14.4. The Hall–Kier alpha value is -1.57. The molecule has 0 aliphatic carbocycles. The van der Waals surface area contributed by atoms with E-state index in [0.29, 0.717) is 17.8 Å². The number of hydrogen-bond acceptors (Lipinski definition) is 5. The molecule has 1 aliphatic heterocycles. The van der Waals surface area contributed by atoms with E-state index in [-0.39, 0.29) is 10.9 Å². The number of nitrogens with one attached hydrogen (secondary N) is 1. The molecule has 0 atom stereocenters. The first-order valence-corrected chi connectivity index (χ1v) is 6.92. The van der Waals surface area contributed by atoms with Crippen molar-refractivity contribution in [3.63, 3.8) is 0 Å². The van der Waals surface area contributed by atoms with Crippen molar-refractivity contribution >= 4 is 23.1 Å². The smallest absolute Gasteiger partial charge is 0.269 e. The Morgan fingerprint density at radius 3 is 2.80 bits per heavy atom. The van der Waals surface area contributed by atoms with Gasteiger partial charge in [0.05, 0.1) is 13.2 Å². The molecule has 2 rings (SSSR count). The second-order valence-electron chi connectivity index (χ2n) is 4.51. The van der Waals surface area contributed by atoms with Crippen molar-refractivity contribution in [3.05, 3.63) is 29.6 Å². The van der Waals surface area contributed by atoms with Gasteiger partial charge in [0.2, 0.25) is 0 Å². The second kappa shape index (κ2) is 7.28. The van der Waals surface area contributed by atoms with Gasteiger partial charge in [-0.15, -0.1) is 0 Å². The highest BCUT2D eigenvalue weighted by atomic mass is 32.1. The molecular formula is C13H18N4O2S. The molecule has 1 aliphatic rings. The Labute approximate surface area is 123 Å². The van der Waals surface area contributed by atoms with E-state index < -0.39 is 0 Å². The summed E-state index contributed by atoms with van der Waals surface area (Å²) in [5, 5.41) is 2.85. The van der Waals surface area contributed by atoms with Gasteiger partial charge in [-0.05, 0) is 12.1 Å². The molecule has 0 spiro atoms. The van der Waals surface area contributed by atoms with Gasteiger partial charge in [-0.25, -0.2) is 0 Å². The van der Waals surface area contributed by atoms with Crippen LogP contribution in [0.4, 0.5) is 0 Å². The summed E-state index contributed by atoms with van der Waals surface area (Å²) in [4.78, 5) is 18.5. The molecule has 1 aromatic rings. The quantitative estimate of drug-likeness (QED) is 0.731. The van der Waals surface area contributed by atoms with Crippen molar-refractivity contribution in [2.24, 2.45) is 5.73 Å². The summed E-state index contributed by atoms with van der Waals surface area (Å²) in [5.41, 5.74) is 6.50. The standard InChI is InChI=1S/C13H18N4O2S/c14-12(20)10-1-2-11(16-9-10)13(18)15-3-4-17-5-7-19-8-6-17/h1-2,9H,3-8H2,(H2,14,20)(H,15,18). The third kappa shape index (κ3) is 4.22. The third-order valence-electron chi connectivity index (χ3n) is 3.10. The number of ether oxygens (including phenoxy) is 1. The zero-order valence-electron chi connectivity index (χ0n) is 11.2. The number of morpholine rings is 1. The van der Waals surface area contributed by atoms with Crippen molar-refractivity contribution in [1.29, 1.82) is 0 Å². The van der Waals surface area contributed by atoms with Gasteiger partial charge in [0.25, 0.3) is 5.91 Å². The molecule has 0 unspecified atom stereocenters. The lowest BCUT2D eigenvalue weighted by molar-refractivity contribution is 0.0383. The summed E-state index contributed by atoms with van der Waals surface area (Å²) in [6, 6.07) is 3.32. The number of carbonyl (C=O) groups is 1. The average Bonchev–Trinajstić information content (AvgIpc) is 2.48. The highest BCUT2D eigenvalue weighted by Crippen LogP contribution is 2.00. The van der Waals surface area contributed by atoms with Crippen LogP contribution in [-0.4, -0.2) is 60.2 Å². The Balaban J connectivity index is 1.77. The van der Waals surface area contributed by atoms with Crippen LogP contribution in [0.25, 0.3) is 0 Å². The molecule has 7 heteroatoms. The van der Waals surface area contributed by atoms with Gasteiger partial charge in [0.15, 0.2) is 0 Å². The molecule has 108 valence electrons. The summed E-state index contributed by atoms with van der Waals surface area (Å²) in [6.07, 6.45) is 1.51. The Morgan fingerprint density at radius 2 is 2.20 bits per heavy atom. The molecule has 1 fully saturated rings. The number of nitrogens with two attached hydrogens (primary N) is 1. The van der Waals surface area contributed by atoms with Gasteiger partial charge < -0.3 is 15.8 Å². The van der Waals surface area contributed by atoms with Crippen molar-refractivity contribution in [3.8, 4) is 0 Å². The summed E-state index contributed by atoms with van der Waals surface area (Å²) in [5.74, 6) is -0.187. The van der Waals surface area contributed by atoms with E-state index in [1.807, 2.05) is 0 Å². The monoisotopic (exact) mass is 294 g/mol. The number of aromatic nitrogens is 1. The SMILES string of the molecule is NC(=S)c1ccc(C(=O)NCCN2CCOCC2)nc1. The fraction of sp³-hybridized carbons (Fsp3) is 0.462. The van der Waals surface area contributed by atoms with E-state index in [1.54, 1.807) is 12.1 Å². The van der Waals surface area contributed by atoms with E-state index in [1.165, 1.54) is 6.20 Å². The number of rotatable bonds is 5. The van der Waals surface area contributed by atoms with Crippen LogP contribution in [0.5, 0.6) is 0 Å². The van der Waals surface area contributed by atoms with E-state index in [4.69, 9.17) is 22.7 Å². The van der Waals surface area contributed by atoms with E-state index in [9.17, 15) is 4.79 Å². The average molecular weight is 294 g/mol. The van der Waals surface area contributed by atoms with Crippen molar-refractivity contribution in [1.82, 2.24) is 15.2 Å². The highest BCUT2D eigenvalue weighted by Gasteiger charge is 2.11. The fourth-order valence-corrected chi connectivity index (χ4v) is 2.04. The van der Waals surface area contributed by atoms with E-state index in [0.717, 1.165) is 32.8 Å². The molecule has 1 amide bonds. The maximum Gasteiger partial charge on any atom is 0.269 e. The minimum atomic E-state index is -0.187. The molecule has 0 bridgehead atoms. The summed E-state index contributed by atoms with van der Waals surface area (Å²) < 4.78 is 5.27. The normalized spacial score (nSPS) is 15.8. The largest absolute Gasteiger partial charge is 0.389 e. The first-order chi connectivity index (χ1) is 9.66. The second-order valence-corrected chi connectivity index (χ2v) is 4.95. The Kier molecular flexibility index (Phi) is 5.40. The lowest BCUT2D eigenvalue weighted by atomic mass is 10.2. The van der Waals surface area contributed by atoms with Gasteiger partial charge in [-0.3, -0.25) is 14.7 Å². The molecule has 1 saturated heterocycles. The van der Waals surface area contributed by atoms with Gasteiger partial charge in [-0.2, -0.15) is 0 Å². The molecule has 20 heavy (non-hydrogen) atoms. The predicted molar refractivity (Wildman–Crippen MR) is 79.7 cm³/mol. The van der Waals surface area contributed by atoms with Crippen LogP contribution in [-0.2, 0) is 4.74 Å². The molecule has 3 N–H and O–H groups in total. The van der Waals surface area contributed by atoms with Crippen molar-refractivity contribution in [2.45, 2.75) is 0 Å². The summed E-state index contributed by atoms with van der Waals surface area (Å²) >= 11 is 4.83. The number of thiocarbonyl (C=S) groups is 1. The lowest BCUT2D eigenvalue weighted by Crippen LogP contribution is -2.41. The molecular weight excluding hydrogens is 276 g/mol. The number of hydrogen-bond donors (Lipinski definition) is 2. The predicted octanol–water partition coefficient (Wildman–Crippen LogP) is -0.222. The van der Waals surface area contributed by atoms with E-state index in [2.05, 4.69) is 15.2 Å². The van der Waals surface area contributed by atoms with Gasteiger partial charge in [0, 0.05) is 37.9 Å². The molecule has 0 saturated carbocycles. The highest BCUT2D eigenvalue weighted by molar-refractivity contribution is 7.80. The van der Waals surface area contributed by atoms with Gasteiger partial charge in [-0.1, -0.05) is 12.2 Å². The zero-order valence-corrected chi connectivity index (χ0v) is 12.0. The molecule has 0 radical (unpaired) electrons. The van der Waals surface area contributed by atoms with Crippen LogP contribution in [0.1, 0.15) is 16.1 Å². The number of carbonyl (C=O) groups excluding carboxylic acids is 1. The van der Waals surface area contributed by atoms with E-state index >= 15 is 0 Å². The minimum Gasteiger partial charge on any atom is -0.389 e. The first kappa shape index (κ1) is 14.8.